The van der Waals surface area contributed by atoms with Gasteiger partial charge in [0.2, 0.25) is 11.7 Å². The second-order valence-corrected chi connectivity index (χ2v) is 4.30. The summed E-state index contributed by atoms with van der Waals surface area (Å²) in [4.78, 5) is 12.2. The number of hydrogen-bond acceptors (Lipinski definition) is 4. The lowest BCUT2D eigenvalue weighted by molar-refractivity contribution is -0.148. The van der Waals surface area contributed by atoms with Gasteiger partial charge in [-0.25, -0.2) is 0 Å². The number of Topliss-reactive ketones (excluding diaryl/α,β-unsaturated/α-hetero) is 1. The van der Waals surface area contributed by atoms with E-state index in [1.165, 1.54) is 19.2 Å². The van der Waals surface area contributed by atoms with Crippen LogP contribution in [0.2, 0.25) is 0 Å². The van der Waals surface area contributed by atoms with Crippen LogP contribution in [-0.4, -0.2) is 25.7 Å². The molecular weight excluding hydrogens is 287 g/mol. The van der Waals surface area contributed by atoms with E-state index in [0.29, 0.717) is 0 Å². The van der Waals surface area contributed by atoms with Gasteiger partial charge in [-0.2, -0.15) is 13.2 Å². The van der Waals surface area contributed by atoms with E-state index in [4.69, 9.17) is 9.47 Å². The maximum Gasteiger partial charge on any atom is 0.416 e. The van der Waals surface area contributed by atoms with Crippen molar-refractivity contribution in [2.75, 3.05) is 13.7 Å². The maximum absolute atomic E-state index is 12.8. The van der Waals surface area contributed by atoms with Gasteiger partial charge in [-0.3, -0.25) is 4.79 Å². The van der Waals surface area contributed by atoms with Crippen molar-refractivity contribution < 1.29 is 27.4 Å². The number of rotatable bonds is 4. The Labute approximate surface area is 119 Å². The lowest BCUT2D eigenvalue weighted by Crippen LogP contribution is -2.22. The number of ether oxygens (including phenoxy) is 2. The zero-order valence-electron chi connectivity index (χ0n) is 11.5. The molecule has 114 valence electrons. The molecule has 1 unspecified atom stereocenters. The van der Waals surface area contributed by atoms with Crippen molar-refractivity contribution in [3.63, 3.8) is 0 Å². The van der Waals surface area contributed by atoms with Crippen LogP contribution >= 0.6 is 0 Å². The van der Waals surface area contributed by atoms with Gasteiger partial charge >= 0.3 is 6.18 Å². The largest absolute Gasteiger partial charge is 0.441 e. The summed E-state index contributed by atoms with van der Waals surface area (Å²) in [5.74, 6) is -0.390. The first kappa shape index (κ1) is 15.4. The third-order valence-corrected chi connectivity index (χ3v) is 2.94. The van der Waals surface area contributed by atoms with Crippen LogP contribution in [0.5, 0.6) is 0 Å². The van der Waals surface area contributed by atoms with Gasteiger partial charge in [0.25, 0.3) is 6.29 Å². The fraction of sp³-hybridized carbons (Fsp3) is 0.357. The van der Waals surface area contributed by atoms with Crippen LogP contribution in [0.25, 0.3) is 5.57 Å². The molecule has 0 saturated carbocycles. The first-order valence-electron chi connectivity index (χ1n) is 6.30. The molecule has 1 aromatic carbocycles. The van der Waals surface area contributed by atoms with Gasteiger partial charge in [0.1, 0.15) is 0 Å². The quantitative estimate of drug-likeness (QED) is 0.928. The Hall–Kier alpha value is -2.02. The van der Waals surface area contributed by atoms with Gasteiger partial charge in [0.15, 0.2) is 0 Å². The molecule has 1 heterocycles. The van der Waals surface area contributed by atoms with Crippen LogP contribution < -0.4 is 5.32 Å². The van der Waals surface area contributed by atoms with Crippen molar-refractivity contribution in [1.29, 1.82) is 0 Å². The first-order chi connectivity index (χ1) is 9.88. The molecule has 1 aromatic rings. The fourth-order valence-electron chi connectivity index (χ4n) is 2.02. The zero-order chi connectivity index (χ0) is 15.6. The Morgan fingerprint density at radius 3 is 2.67 bits per heavy atom. The monoisotopic (exact) mass is 301 g/mol. The Morgan fingerprint density at radius 1 is 1.38 bits per heavy atom. The Balaban J connectivity index is 2.42. The molecular formula is C14H14F3NO3. The van der Waals surface area contributed by atoms with E-state index in [-0.39, 0.29) is 23.6 Å². The lowest BCUT2D eigenvalue weighted by Gasteiger charge is -2.10. The fourth-order valence-corrected chi connectivity index (χ4v) is 2.02. The van der Waals surface area contributed by atoms with Crippen LogP contribution in [0, 0.1) is 0 Å². The molecule has 1 aliphatic heterocycles. The molecule has 0 saturated heterocycles. The van der Waals surface area contributed by atoms with E-state index in [0.717, 1.165) is 12.1 Å². The van der Waals surface area contributed by atoms with Crippen molar-refractivity contribution in [2.24, 2.45) is 0 Å². The highest BCUT2D eigenvalue weighted by Gasteiger charge is 2.37. The van der Waals surface area contributed by atoms with E-state index < -0.39 is 23.8 Å². The molecule has 0 amide bonds. The van der Waals surface area contributed by atoms with Crippen molar-refractivity contribution in [3.05, 3.63) is 41.3 Å². The Morgan fingerprint density at radius 2 is 2.10 bits per heavy atom. The maximum atomic E-state index is 12.8. The second kappa shape index (κ2) is 5.77. The van der Waals surface area contributed by atoms with E-state index in [9.17, 15) is 18.0 Å². The smallest absolute Gasteiger partial charge is 0.416 e. The number of carbonyl (C=O) groups excluding carboxylic acids is 1. The summed E-state index contributed by atoms with van der Waals surface area (Å²) >= 11 is 0. The molecule has 0 aliphatic carbocycles. The molecule has 1 aliphatic rings. The minimum Gasteiger partial charge on any atom is -0.441 e. The van der Waals surface area contributed by atoms with Crippen molar-refractivity contribution in [1.82, 2.24) is 5.32 Å². The van der Waals surface area contributed by atoms with Crippen LogP contribution in [0.3, 0.4) is 0 Å². The molecule has 0 spiro atoms. The predicted molar refractivity (Wildman–Crippen MR) is 68.9 cm³/mol. The van der Waals surface area contributed by atoms with E-state index in [1.54, 1.807) is 6.92 Å². The molecule has 1 N–H and O–H groups in total. The van der Waals surface area contributed by atoms with Crippen molar-refractivity contribution in [3.8, 4) is 0 Å². The Kier molecular flexibility index (Phi) is 4.22. The number of nitrogens with one attached hydrogen (secondary N) is 1. The summed E-state index contributed by atoms with van der Waals surface area (Å²) in [7, 11) is 1.52. The second-order valence-electron chi connectivity index (χ2n) is 4.30. The van der Waals surface area contributed by atoms with E-state index >= 15 is 0 Å². The summed E-state index contributed by atoms with van der Waals surface area (Å²) in [6.45, 7) is 1.95. The predicted octanol–water partition coefficient (Wildman–Crippen LogP) is 2.56. The first-order valence-corrected chi connectivity index (χ1v) is 6.30. The average Bonchev–Trinajstić information content (AvgIpc) is 2.75. The van der Waals surface area contributed by atoms with Gasteiger partial charge in [0, 0.05) is 13.7 Å². The number of hydrogen-bond donors (Lipinski definition) is 1. The molecule has 0 fully saturated rings. The molecule has 1 atom stereocenters. The number of carbonyl (C=O) groups is 1. The topological polar surface area (TPSA) is 47.6 Å². The number of benzene rings is 1. The SMILES string of the molecule is CCOC1OC(NC)=C(c2cccc(C(F)(F)F)c2)C1=O. The van der Waals surface area contributed by atoms with E-state index in [2.05, 4.69) is 5.32 Å². The normalized spacial score (nSPS) is 18.9. The van der Waals surface area contributed by atoms with Crippen LogP contribution in [0.4, 0.5) is 13.2 Å². The molecule has 0 radical (unpaired) electrons. The molecule has 0 bridgehead atoms. The molecule has 0 aromatic heterocycles. The number of ketones is 1. The summed E-state index contributed by atoms with van der Waals surface area (Å²) in [5.41, 5.74) is -0.626. The summed E-state index contributed by atoms with van der Waals surface area (Å²) in [6, 6.07) is 4.54. The van der Waals surface area contributed by atoms with Crippen LogP contribution in [0.1, 0.15) is 18.1 Å². The minimum atomic E-state index is -4.47. The number of alkyl halides is 3. The van der Waals surface area contributed by atoms with Gasteiger partial charge in [-0.1, -0.05) is 12.1 Å². The number of halogens is 3. The molecule has 21 heavy (non-hydrogen) atoms. The third kappa shape index (κ3) is 3.02. The molecule has 2 rings (SSSR count). The summed E-state index contributed by atoms with van der Waals surface area (Å²) in [5, 5.41) is 2.66. The Bertz CT molecular complexity index is 581. The van der Waals surface area contributed by atoms with Crippen molar-refractivity contribution in [2.45, 2.75) is 19.4 Å². The van der Waals surface area contributed by atoms with Crippen LogP contribution in [-0.2, 0) is 20.4 Å². The molecule has 4 nitrogen and oxygen atoms in total. The van der Waals surface area contributed by atoms with Crippen LogP contribution in [0.15, 0.2) is 30.1 Å². The van der Waals surface area contributed by atoms with Crippen molar-refractivity contribution >= 4 is 11.4 Å². The summed E-state index contributed by atoms with van der Waals surface area (Å²) < 4.78 is 48.7. The van der Waals surface area contributed by atoms with Gasteiger partial charge in [-0.15, -0.1) is 0 Å². The van der Waals surface area contributed by atoms with Gasteiger partial charge in [-0.05, 0) is 24.6 Å². The standard InChI is InChI=1S/C14H14F3NO3/c1-3-20-13-11(19)10(12(18-2)21-13)8-5-4-6-9(7-8)14(15,16)17/h4-7,13,18H,3H2,1-2H3. The third-order valence-electron chi connectivity index (χ3n) is 2.94. The highest BCUT2D eigenvalue weighted by molar-refractivity contribution is 6.24. The van der Waals surface area contributed by atoms with E-state index in [1.807, 2.05) is 0 Å². The highest BCUT2D eigenvalue weighted by atomic mass is 19.4. The van der Waals surface area contributed by atoms with Gasteiger partial charge < -0.3 is 14.8 Å². The zero-order valence-corrected chi connectivity index (χ0v) is 11.5. The molecule has 7 heteroatoms. The van der Waals surface area contributed by atoms with Gasteiger partial charge in [0.05, 0.1) is 11.1 Å². The lowest BCUT2D eigenvalue weighted by atomic mass is 10.0. The highest BCUT2D eigenvalue weighted by Crippen LogP contribution is 2.34. The summed E-state index contributed by atoms with van der Waals surface area (Å²) in [6.07, 6.45) is -5.60. The minimum absolute atomic E-state index is 0.0575. The average molecular weight is 301 g/mol.